The second kappa shape index (κ2) is 5.83. The first-order valence-electron chi connectivity index (χ1n) is 6.54. The summed E-state index contributed by atoms with van der Waals surface area (Å²) in [4.78, 5) is 5.25. The molecule has 3 nitrogen and oxygen atoms in total. The van der Waals surface area contributed by atoms with Gasteiger partial charge in [-0.25, -0.2) is 0 Å². The Morgan fingerprint density at radius 2 is 1.93 bits per heavy atom. The molecule has 15 heavy (non-hydrogen) atoms. The lowest BCUT2D eigenvalue weighted by Crippen LogP contribution is -2.47. The largest absolute Gasteiger partial charge is 0.314 e. The second-order valence-electron chi connectivity index (χ2n) is 4.95. The van der Waals surface area contributed by atoms with E-state index in [1.807, 2.05) is 0 Å². The Balaban J connectivity index is 1.72. The van der Waals surface area contributed by atoms with E-state index in [1.165, 1.54) is 65.2 Å². The van der Waals surface area contributed by atoms with Crippen molar-refractivity contribution in [3.63, 3.8) is 0 Å². The Labute approximate surface area is 93.8 Å². The minimum Gasteiger partial charge on any atom is -0.314 e. The van der Waals surface area contributed by atoms with E-state index >= 15 is 0 Å². The number of rotatable bonds is 3. The van der Waals surface area contributed by atoms with Crippen LogP contribution in [-0.4, -0.2) is 62.2 Å². The van der Waals surface area contributed by atoms with Crippen molar-refractivity contribution in [2.75, 3.05) is 52.4 Å². The average molecular weight is 211 g/mol. The van der Waals surface area contributed by atoms with Gasteiger partial charge in [-0.15, -0.1) is 0 Å². The zero-order valence-electron chi connectivity index (χ0n) is 10.0. The Hall–Kier alpha value is -0.120. The van der Waals surface area contributed by atoms with Crippen molar-refractivity contribution in [2.45, 2.75) is 19.8 Å². The molecule has 0 aromatic carbocycles. The maximum Gasteiger partial charge on any atom is 0.0107 e. The highest BCUT2D eigenvalue weighted by Crippen LogP contribution is 2.17. The minimum atomic E-state index is 0.928. The van der Waals surface area contributed by atoms with Crippen LogP contribution in [0.3, 0.4) is 0 Å². The van der Waals surface area contributed by atoms with Gasteiger partial charge in [-0.1, -0.05) is 6.92 Å². The van der Waals surface area contributed by atoms with Gasteiger partial charge in [-0.2, -0.15) is 0 Å². The molecule has 2 rings (SSSR count). The zero-order valence-corrected chi connectivity index (χ0v) is 10.0. The minimum absolute atomic E-state index is 0.928. The highest BCUT2D eigenvalue weighted by Gasteiger charge is 2.21. The van der Waals surface area contributed by atoms with Crippen LogP contribution < -0.4 is 5.32 Å². The van der Waals surface area contributed by atoms with Gasteiger partial charge in [-0.3, -0.25) is 0 Å². The van der Waals surface area contributed by atoms with Crippen molar-refractivity contribution in [1.82, 2.24) is 15.1 Å². The van der Waals surface area contributed by atoms with Crippen molar-refractivity contribution in [3.8, 4) is 0 Å². The first kappa shape index (κ1) is 11.4. The molecule has 3 heteroatoms. The smallest absolute Gasteiger partial charge is 0.0107 e. The van der Waals surface area contributed by atoms with E-state index in [2.05, 4.69) is 22.0 Å². The molecule has 0 aromatic heterocycles. The topological polar surface area (TPSA) is 18.5 Å². The zero-order chi connectivity index (χ0) is 10.5. The van der Waals surface area contributed by atoms with Gasteiger partial charge < -0.3 is 15.1 Å². The molecule has 2 saturated heterocycles. The third-order valence-electron chi connectivity index (χ3n) is 3.78. The molecule has 0 spiro atoms. The van der Waals surface area contributed by atoms with Gasteiger partial charge in [0, 0.05) is 39.3 Å². The Bertz CT molecular complexity index is 178. The Morgan fingerprint density at radius 1 is 1.13 bits per heavy atom. The van der Waals surface area contributed by atoms with Crippen LogP contribution >= 0.6 is 0 Å². The van der Waals surface area contributed by atoms with Gasteiger partial charge in [0.05, 0.1) is 0 Å². The monoisotopic (exact) mass is 211 g/mol. The molecular weight excluding hydrogens is 186 g/mol. The summed E-state index contributed by atoms with van der Waals surface area (Å²) in [6.45, 7) is 12.4. The maximum atomic E-state index is 3.42. The van der Waals surface area contributed by atoms with Crippen LogP contribution in [0.5, 0.6) is 0 Å². The maximum absolute atomic E-state index is 3.42. The lowest BCUT2D eigenvalue weighted by Gasteiger charge is -2.36. The van der Waals surface area contributed by atoms with Crippen molar-refractivity contribution in [3.05, 3.63) is 0 Å². The second-order valence-corrected chi connectivity index (χ2v) is 4.95. The highest BCUT2D eigenvalue weighted by atomic mass is 15.2. The standard InChI is InChI=1S/C12H25N3/c1-2-14-7-3-4-12(10-14)11-15-8-5-13-6-9-15/h12-13H,2-11H2,1H3/t12-/m0/s1. The molecule has 0 amide bonds. The Morgan fingerprint density at radius 3 is 2.67 bits per heavy atom. The van der Waals surface area contributed by atoms with Gasteiger partial charge in [-0.05, 0) is 31.8 Å². The Kier molecular flexibility index (Phi) is 4.42. The quantitative estimate of drug-likeness (QED) is 0.738. The van der Waals surface area contributed by atoms with Crippen LogP contribution in [0.4, 0.5) is 0 Å². The van der Waals surface area contributed by atoms with Crippen LogP contribution in [0.25, 0.3) is 0 Å². The summed E-state index contributed by atoms with van der Waals surface area (Å²) in [5, 5.41) is 3.42. The van der Waals surface area contributed by atoms with E-state index < -0.39 is 0 Å². The van der Waals surface area contributed by atoms with Crippen LogP contribution in [-0.2, 0) is 0 Å². The number of nitrogens with zero attached hydrogens (tertiary/aromatic N) is 2. The molecule has 0 saturated carbocycles. The molecule has 1 atom stereocenters. The highest BCUT2D eigenvalue weighted by molar-refractivity contribution is 4.77. The van der Waals surface area contributed by atoms with Crippen LogP contribution in [0.1, 0.15) is 19.8 Å². The fourth-order valence-electron chi connectivity index (χ4n) is 2.85. The summed E-state index contributed by atoms with van der Waals surface area (Å²) in [6, 6.07) is 0. The van der Waals surface area contributed by atoms with Crippen molar-refractivity contribution in [2.24, 2.45) is 5.92 Å². The molecule has 0 aliphatic carbocycles. The van der Waals surface area contributed by atoms with E-state index in [1.54, 1.807) is 0 Å². The fraction of sp³-hybridized carbons (Fsp3) is 1.00. The summed E-state index contributed by atoms with van der Waals surface area (Å²) in [6.07, 6.45) is 2.85. The SMILES string of the molecule is CCN1CCC[C@H](CN2CCNCC2)C1. The first-order valence-corrected chi connectivity index (χ1v) is 6.54. The number of likely N-dealkylation sites (tertiary alicyclic amines) is 1. The van der Waals surface area contributed by atoms with E-state index in [9.17, 15) is 0 Å². The van der Waals surface area contributed by atoms with E-state index in [0.717, 1.165) is 5.92 Å². The molecule has 0 radical (unpaired) electrons. The lowest BCUT2D eigenvalue weighted by atomic mass is 9.97. The van der Waals surface area contributed by atoms with Gasteiger partial charge >= 0.3 is 0 Å². The summed E-state index contributed by atoms with van der Waals surface area (Å²) >= 11 is 0. The van der Waals surface area contributed by atoms with Gasteiger partial charge in [0.25, 0.3) is 0 Å². The third kappa shape index (κ3) is 3.44. The molecule has 2 aliphatic rings. The third-order valence-corrected chi connectivity index (χ3v) is 3.78. The normalized spacial score (nSPS) is 30.6. The van der Waals surface area contributed by atoms with Crippen molar-refractivity contribution >= 4 is 0 Å². The van der Waals surface area contributed by atoms with Gasteiger partial charge in [0.15, 0.2) is 0 Å². The van der Waals surface area contributed by atoms with Crippen molar-refractivity contribution < 1.29 is 0 Å². The molecule has 2 heterocycles. The van der Waals surface area contributed by atoms with Crippen molar-refractivity contribution in [1.29, 1.82) is 0 Å². The van der Waals surface area contributed by atoms with E-state index in [-0.39, 0.29) is 0 Å². The number of piperazine rings is 1. The predicted octanol–water partition coefficient (Wildman–Crippen LogP) is 0.624. The van der Waals surface area contributed by atoms with Crippen LogP contribution in [0, 0.1) is 5.92 Å². The van der Waals surface area contributed by atoms with Crippen LogP contribution in [0.2, 0.25) is 0 Å². The molecule has 88 valence electrons. The number of nitrogens with one attached hydrogen (secondary N) is 1. The fourth-order valence-corrected chi connectivity index (χ4v) is 2.85. The summed E-state index contributed by atoms with van der Waals surface area (Å²) < 4.78 is 0. The molecule has 1 N–H and O–H groups in total. The lowest BCUT2D eigenvalue weighted by molar-refractivity contribution is 0.130. The number of hydrogen-bond donors (Lipinski definition) is 1. The summed E-state index contributed by atoms with van der Waals surface area (Å²) in [5.74, 6) is 0.928. The molecule has 0 aromatic rings. The van der Waals surface area contributed by atoms with E-state index in [0.29, 0.717) is 0 Å². The summed E-state index contributed by atoms with van der Waals surface area (Å²) in [7, 11) is 0. The predicted molar refractivity (Wildman–Crippen MR) is 64.1 cm³/mol. The first-order chi connectivity index (χ1) is 7.38. The van der Waals surface area contributed by atoms with E-state index in [4.69, 9.17) is 0 Å². The molecule has 2 aliphatic heterocycles. The van der Waals surface area contributed by atoms with Crippen LogP contribution in [0.15, 0.2) is 0 Å². The molecule has 2 fully saturated rings. The van der Waals surface area contributed by atoms with Gasteiger partial charge in [0.2, 0.25) is 0 Å². The molecule has 0 bridgehead atoms. The average Bonchev–Trinajstić information content (AvgIpc) is 2.31. The van der Waals surface area contributed by atoms with Gasteiger partial charge in [0.1, 0.15) is 0 Å². The number of hydrogen-bond acceptors (Lipinski definition) is 3. The number of piperidine rings is 1. The molecule has 0 unspecified atom stereocenters. The molecular formula is C12H25N3. The summed E-state index contributed by atoms with van der Waals surface area (Å²) in [5.41, 5.74) is 0.